The van der Waals surface area contributed by atoms with Gasteiger partial charge in [-0.25, -0.2) is 9.97 Å². The number of imidazole rings is 1. The zero-order valence-electron chi connectivity index (χ0n) is 14.5. The van der Waals surface area contributed by atoms with Crippen molar-refractivity contribution in [2.75, 3.05) is 0 Å². The summed E-state index contributed by atoms with van der Waals surface area (Å²) in [7, 11) is 0. The molecule has 0 radical (unpaired) electrons. The number of pyridine rings is 1. The summed E-state index contributed by atoms with van der Waals surface area (Å²) < 4.78 is 3.82. The van der Waals surface area contributed by atoms with Crippen LogP contribution in [0.5, 0.6) is 0 Å². The number of hydrogen-bond donors (Lipinski definition) is 0. The monoisotopic (exact) mass is 352 g/mol. The van der Waals surface area contributed by atoms with Crippen molar-refractivity contribution < 1.29 is 0 Å². The van der Waals surface area contributed by atoms with E-state index in [0.29, 0.717) is 6.54 Å². The Kier molecular flexibility index (Phi) is 3.57. The van der Waals surface area contributed by atoms with E-state index in [1.165, 1.54) is 6.20 Å². The third kappa shape index (κ3) is 2.69. The number of para-hydroxylation sites is 2. The summed E-state index contributed by atoms with van der Waals surface area (Å²) in [6, 6.07) is 21.9. The van der Waals surface area contributed by atoms with Crippen LogP contribution in [-0.2, 0) is 6.54 Å². The van der Waals surface area contributed by atoms with Crippen LogP contribution in [0.4, 0.5) is 0 Å². The summed E-state index contributed by atoms with van der Waals surface area (Å²) >= 11 is 0. The molecule has 0 atom stereocenters. The van der Waals surface area contributed by atoms with Crippen molar-refractivity contribution >= 4 is 16.7 Å². The van der Waals surface area contributed by atoms with E-state index in [9.17, 15) is 4.79 Å². The topological polar surface area (TPSA) is 52.2 Å². The van der Waals surface area contributed by atoms with Gasteiger partial charge in [0.2, 0.25) is 0 Å². The second-order valence-corrected chi connectivity index (χ2v) is 6.44. The minimum atomic E-state index is -0.103. The molecule has 130 valence electrons. The Morgan fingerprint density at radius 3 is 2.70 bits per heavy atom. The molecule has 0 saturated heterocycles. The van der Waals surface area contributed by atoms with Crippen molar-refractivity contribution in [3.05, 3.63) is 101 Å². The van der Waals surface area contributed by atoms with Crippen LogP contribution in [0, 0.1) is 0 Å². The number of nitrogens with zero attached hydrogens (tertiary/aromatic N) is 4. The fraction of sp³-hybridized carbons (Fsp3) is 0.0455. The highest BCUT2D eigenvalue weighted by molar-refractivity contribution is 5.74. The maximum absolute atomic E-state index is 12.4. The SMILES string of the molecule is O=c1cnc2ccccc2n1Cc1cccc(-c2cnc3ccccn23)c1. The molecule has 0 N–H and O–H groups in total. The van der Waals surface area contributed by atoms with Crippen molar-refractivity contribution in [3.8, 4) is 11.3 Å². The van der Waals surface area contributed by atoms with Crippen molar-refractivity contribution in [1.82, 2.24) is 18.9 Å². The molecular weight excluding hydrogens is 336 g/mol. The van der Waals surface area contributed by atoms with Gasteiger partial charge < -0.3 is 4.57 Å². The van der Waals surface area contributed by atoms with Crippen molar-refractivity contribution in [2.24, 2.45) is 0 Å². The van der Waals surface area contributed by atoms with Crippen LogP contribution in [-0.4, -0.2) is 18.9 Å². The Morgan fingerprint density at radius 1 is 0.852 bits per heavy atom. The molecule has 0 aliphatic heterocycles. The smallest absolute Gasteiger partial charge is 0.269 e. The number of rotatable bonds is 3. The molecule has 0 aliphatic carbocycles. The molecule has 0 unspecified atom stereocenters. The zero-order chi connectivity index (χ0) is 18.2. The molecule has 0 fully saturated rings. The van der Waals surface area contributed by atoms with Gasteiger partial charge in [0, 0.05) is 11.8 Å². The largest absolute Gasteiger partial charge is 0.301 e. The Balaban J connectivity index is 1.60. The summed E-state index contributed by atoms with van der Waals surface area (Å²) in [4.78, 5) is 21.1. The number of fused-ring (bicyclic) bond motifs is 2. The molecule has 5 nitrogen and oxygen atoms in total. The average molecular weight is 352 g/mol. The maximum atomic E-state index is 12.4. The van der Waals surface area contributed by atoms with Crippen LogP contribution in [0.2, 0.25) is 0 Å². The quantitative estimate of drug-likeness (QED) is 0.497. The van der Waals surface area contributed by atoms with Crippen molar-refractivity contribution in [3.63, 3.8) is 0 Å². The maximum Gasteiger partial charge on any atom is 0.269 e. The highest BCUT2D eigenvalue weighted by Crippen LogP contribution is 2.22. The molecule has 3 aromatic heterocycles. The van der Waals surface area contributed by atoms with Gasteiger partial charge in [0.1, 0.15) is 5.65 Å². The van der Waals surface area contributed by atoms with Crippen LogP contribution < -0.4 is 5.56 Å². The fourth-order valence-corrected chi connectivity index (χ4v) is 3.44. The lowest BCUT2D eigenvalue weighted by atomic mass is 10.1. The van der Waals surface area contributed by atoms with Crippen LogP contribution in [0.1, 0.15) is 5.56 Å². The van der Waals surface area contributed by atoms with Gasteiger partial charge in [-0.15, -0.1) is 0 Å². The molecule has 0 aliphatic rings. The molecule has 0 saturated carbocycles. The normalized spacial score (nSPS) is 11.3. The van der Waals surface area contributed by atoms with Crippen molar-refractivity contribution in [2.45, 2.75) is 6.54 Å². The van der Waals surface area contributed by atoms with Crippen LogP contribution in [0.3, 0.4) is 0 Å². The number of aromatic nitrogens is 4. The predicted molar refractivity (Wildman–Crippen MR) is 106 cm³/mol. The Hall–Kier alpha value is -3.73. The van der Waals surface area contributed by atoms with Crippen molar-refractivity contribution in [1.29, 1.82) is 0 Å². The summed E-state index contributed by atoms with van der Waals surface area (Å²) in [6.07, 6.45) is 5.27. The summed E-state index contributed by atoms with van der Waals surface area (Å²) in [5.41, 5.74) is 5.61. The minimum absolute atomic E-state index is 0.103. The van der Waals surface area contributed by atoms with Gasteiger partial charge in [-0.2, -0.15) is 0 Å². The first kappa shape index (κ1) is 15.5. The summed E-state index contributed by atoms with van der Waals surface area (Å²) in [5.74, 6) is 0. The number of hydrogen-bond acceptors (Lipinski definition) is 3. The second-order valence-electron chi connectivity index (χ2n) is 6.44. The number of benzene rings is 2. The standard InChI is InChI=1S/C22H16N4O/c27-22-14-23-18-8-1-2-9-19(18)26(22)15-16-6-5-7-17(12-16)20-13-24-21-10-3-4-11-25(20)21/h1-14H,15H2. The van der Waals surface area contributed by atoms with Gasteiger partial charge in [-0.1, -0.05) is 36.4 Å². The summed E-state index contributed by atoms with van der Waals surface area (Å²) in [6.45, 7) is 0.493. The highest BCUT2D eigenvalue weighted by Gasteiger charge is 2.08. The van der Waals surface area contributed by atoms with E-state index in [2.05, 4.69) is 26.5 Å². The van der Waals surface area contributed by atoms with Crippen LogP contribution in [0.15, 0.2) is 90.1 Å². The molecular formula is C22H16N4O. The molecule has 0 spiro atoms. The zero-order valence-corrected chi connectivity index (χ0v) is 14.5. The first-order chi connectivity index (χ1) is 13.3. The molecule has 2 aromatic carbocycles. The lowest BCUT2D eigenvalue weighted by Crippen LogP contribution is -2.21. The molecule has 0 bridgehead atoms. The Morgan fingerprint density at radius 2 is 1.74 bits per heavy atom. The van der Waals surface area contributed by atoms with Crippen LogP contribution in [0.25, 0.3) is 27.9 Å². The van der Waals surface area contributed by atoms with E-state index in [-0.39, 0.29) is 5.56 Å². The molecule has 5 heteroatoms. The van der Waals surface area contributed by atoms with Gasteiger partial charge >= 0.3 is 0 Å². The van der Waals surface area contributed by atoms with E-state index in [1.807, 2.05) is 67.0 Å². The second kappa shape index (κ2) is 6.21. The molecule has 0 amide bonds. The Labute approximate surface area is 155 Å². The van der Waals surface area contributed by atoms with E-state index in [0.717, 1.165) is 33.5 Å². The molecule has 3 heterocycles. The molecule has 5 rings (SSSR count). The van der Waals surface area contributed by atoms with Gasteiger partial charge in [0.25, 0.3) is 5.56 Å². The van der Waals surface area contributed by atoms with E-state index >= 15 is 0 Å². The first-order valence-corrected chi connectivity index (χ1v) is 8.75. The highest BCUT2D eigenvalue weighted by atomic mass is 16.1. The fourth-order valence-electron chi connectivity index (χ4n) is 3.44. The van der Waals surface area contributed by atoms with Crippen LogP contribution >= 0.6 is 0 Å². The van der Waals surface area contributed by atoms with Gasteiger partial charge in [-0.05, 0) is 35.9 Å². The molecule has 27 heavy (non-hydrogen) atoms. The van der Waals surface area contributed by atoms with E-state index in [1.54, 1.807) is 4.57 Å². The van der Waals surface area contributed by atoms with E-state index < -0.39 is 0 Å². The minimum Gasteiger partial charge on any atom is -0.301 e. The van der Waals surface area contributed by atoms with Gasteiger partial charge in [-0.3, -0.25) is 9.20 Å². The first-order valence-electron chi connectivity index (χ1n) is 8.75. The predicted octanol–water partition coefficient (Wildman–Crippen LogP) is 3.76. The lowest BCUT2D eigenvalue weighted by Gasteiger charge is -2.11. The summed E-state index contributed by atoms with van der Waals surface area (Å²) in [5, 5.41) is 0. The third-order valence-electron chi connectivity index (χ3n) is 4.73. The third-order valence-corrected chi connectivity index (χ3v) is 4.73. The molecule has 5 aromatic rings. The Bertz CT molecular complexity index is 1330. The van der Waals surface area contributed by atoms with Gasteiger partial charge in [0.05, 0.1) is 35.7 Å². The van der Waals surface area contributed by atoms with E-state index in [4.69, 9.17) is 0 Å². The lowest BCUT2D eigenvalue weighted by molar-refractivity contribution is 0.787. The average Bonchev–Trinajstić information content (AvgIpc) is 3.15. The van der Waals surface area contributed by atoms with Gasteiger partial charge in [0.15, 0.2) is 0 Å².